The van der Waals surface area contributed by atoms with Gasteiger partial charge in [0.2, 0.25) is 0 Å². The van der Waals surface area contributed by atoms with Gasteiger partial charge in [-0.3, -0.25) is 4.90 Å². The number of halogens is 1. The second-order valence-electron chi connectivity index (χ2n) is 4.87. The summed E-state index contributed by atoms with van der Waals surface area (Å²) in [7, 11) is 3.76. The van der Waals surface area contributed by atoms with Gasteiger partial charge in [-0.1, -0.05) is 18.5 Å². The zero-order chi connectivity index (χ0) is 13.8. The van der Waals surface area contributed by atoms with E-state index in [9.17, 15) is 0 Å². The molecule has 4 heteroatoms. The summed E-state index contributed by atoms with van der Waals surface area (Å²) < 4.78 is 5.36. The molecule has 1 unspecified atom stereocenters. The minimum absolute atomic E-state index is 0.00662. The van der Waals surface area contributed by atoms with Gasteiger partial charge in [0.1, 0.15) is 5.75 Å². The summed E-state index contributed by atoms with van der Waals surface area (Å²) in [5.41, 5.74) is 6.95. The molecule has 0 saturated heterocycles. The summed E-state index contributed by atoms with van der Waals surface area (Å²) in [6, 6.07) is 5.69. The van der Waals surface area contributed by atoms with Crippen molar-refractivity contribution in [1.29, 1.82) is 0 Å². The summed E-state index contributed by atoms with van der Waals surface area (Å²) in [5.74, 6) is 0.863. The number of hydrogen-bond acceptors (Lipinski definition) is 3. The van der Waals surface area contributed by atoms with E-state index in [1.54, 1.807) is 7.11 Å². The number of rotatable bonds is 6. The number of nitrogens with zero attached hydrogens (tertiary/aromatic N) is 1. The molecule has 102 valence electrons. The van der Waals surface area contributed by atoms with Crippen molar-refractivity contribution >= 4 is 11.6 Å². The van der Waals surface area contributed by atoms with Crippen LogP contribution in [0, 0.1) is 0 Å². The van der Waals surface area contributed by atoms with Gasteiger partial charge in [-0.2, -0.15) is 0 Å². The number of hydrogen-bond donors (Lipinski definition) is 1. The van der Waals surface area contributed by atoms with E-state index in [0.29, 0.717) is 6.54 Å². The van der Waals surface area contributed by atoms with Crippen LogP contribution in [0.3, 0.4) is 0 Å². The molecule has 0 aromatic heterocycles. The van der Waals surface area contributed by atoms with Gasteiger partial charge in [0, 0.05) is 29.2 Å². The van der Waals surface area contributed by atoms with E-state index >= 15 is 0 Å². The van der Waals surface area contributed by atoms with Crippen molar-refractivity contribution in [3.8, 4) is 5.75 Å². The van der Waals surface area contributed by atoms with E-state index < -0.39 is 0 Å². The quantitative estimate of drug-likeness (QED) is 0.864. The van der Waals surface area contributed by atoms with Crippen molar-refractivity contribution in [3.05, 3.63) is 28.8 Å². The summed E-state index contributed by atoms with van der Waals surface area (Å²) in [6.45, 7) is 5.72. The molecule has 0 fully saturated rings. The van der Waals surface area contributed by atoms with Gasteiger partial charge >= 0.3 is 0 Å². The predicted molar refractivity (Wildman–Crippen MR) is 77.2 cm³/mol. The van der Waals surface area contributed by atoms with Gasteiger partial charge < -0.3 is 10.5 Å². The Morgan fingerprint density at radius 3 is 2.61 bits per heavy atom. The van der Waals surface area contributed by atoms with Crippen LogP contribution in [0.25, 0.3) is 0 Å². The highest BCUT2D eigenvalue weighted by Gasteiger charge is 2.26. The highest BCUT2D eigenvalue weighted by molar-refractivity contribution is 6.30. The van der Waals surface area contributed by atoms with Crippen molar-refractivity contribution in [2.24, 2.45) is 5.73 Å². The maximum absolute atomic E-state index is 6.04. The first-order valence-corrected chi connectivity index (χ1v) is 6.58. The third-order valence-electron chi connectivity index (χ3n) is 3.77. The predicted octanol–water partition coefficient (Wildman–Crippen LogP) is 2.91. The molecule has 0 saturated carbocycles. The molecule has 2 N–H and O–H groups in total. The molecule has 0 radical (unpaired) electrons. The Morgan fingerprint density at radius 1 is 1.44 bits per heavy atom. The maximum Gasteiger partial charge on any atom is 0.123 e. The summed E-state index contributed by atoms with van der Waals surface area (Å²) >= 11 is 6.04. The Balaban J connectivity index is 2.93. The lowest BCUT2D eigenvalue weighted by molar-refractivity contribution is 0.130. The molecule has 0 amide bonds. The molecule has 0 aliphatic heterocycles. The second kappa shape index (κ2) is 6.41. The molecule has 18 heavy (non-hydrogen) atoms. The third kappa shape index (κ3) is 3.37. The van der Waals surface area contributed by atoms with Crippen LogP contribution in [0.15, 0.2) is 18.2 Å². The largest absolute Gasteiger partial charge is 0.496 e. The third-order valence-corrected chi connectivity index (χ3v) is 4.01. The van der Waals surface area contributed by atoms with Crippen LogP contribution in [-0.2, 0) is 6.54 Å². The smallest absolute Gasteiger partial charge is 0.123 e. The Morgan fingerprint density at radius 2 is 2.11 bits per heavy atom. The SMILES string of the molecule is CCC(C)(CN)N(C)Cc1cc(Cl)ccc1OC. The van der Waals surface area contributed by atoms with Crippen LogP contribution in [-0.4, -0.2) is 31.1 Å². The Labute approximate surface area is 115 Å². The molecule has 1 aromatic rings. The molecule has 1 atom stereocenters. The lowest BCUT2D eigenvalue weighted by Gasteiger charge is -2.37. The fourth-order valence-electron chi connectivity index (χ4n) is 1.89. The number of ether oxygens (including phenoxy) is 1. The van der Waals surface area contributed by atoms with Gasteiger partial charge in [-0.05, 0) is 38.6 Å². The second-order valence-corrected chi connectivity index (χ2v) is 5.30. The molecule has 1 rings (SSSR count). The lowest BCUT2D eigenvalue weighted by Crippen LogP contribution is -2.48. The Kier molecular flexibility index (Phi) is 5.45. The van der Waals surface area contributed by atoms with Crippen molar-refractivity contribution in [3.63, 3.8) is 0 Å². The molecule has 1 aromatic carbocycles. The van der Waals surface area contributed by atoms with Crippen LogP contribution < -0.4 is 10.5 Å². The van der Waals surface area contributed by atoms with E-state index in [0.717, 1.165) is 29.3 Å². The maximum atomic E-state index is 6.04. The average Bonchev–Trinajstić information content (AvgIpc) is 2.38. The molecule has 0 spiro atoms. The van der Waals surface area contributed by atoms with E-state index in [1.807, 2.05) is 18.2 Å². The first kappa shape index (κ1) is 15.3. The monoisotopic (exact) mass is 270 g/mol. The van der Waals surface area contributed by atoms with Gasteiger partial charge in [0.15, 0.2) is 0 Å². The highest BCUT2D eigenvalue weighted by atomic mass is 35.5. The van der Waals surface area contributed by atoms with Crippen molar-refractivity contribution in [2.75, 3.05) is 20.7 Å². The van der Waals surface area contributed by atoms with Gasteiger partial charge in [-0.25, -0.2) is 0 Å². The number of methoxy groups -OCH3 is 1. The van der Waals surface area contributed by atoms with E-state index in [1.165, 1.54) is 0 Å². The zero-order valence-electron chi connectivity index (χ0n) is 11.7. The van der Waals surface area contributed by atoms with Gasteiger partial charge in [-0.15, -0.1) is 0 Å². The minimum atomic E-state index is -0.00662. The summed E-state index contributed by atoms with van der Waals surface area (Å²) in [5, 5.41) is 0.727. The lowest BCUT2D eigenvalue weighted by atomic mass is 9.96. The molecule has 0 aliphatic carbocycles. The first-order valence-electron chi connectivity index (χ1n) is 6.20. The molecule has 3 nitrogen and oxygen atoms in total. The standard InChI is InChI=1S/C14H23ClN2O/c1-5-14(2,10-16)17(3)9-11-8-12(15)6-7-13(11)18-4/h6-8H,5,9-10,16H2,1-4H3. The zero-order valence-corrected chi connectivity index (χ0v) is 12.4. The van der Waals surface area contributed by atoms with E-state index in [2.05, 4.69) is 25.8 Å². The molecular formula is C14H23ClN2O. The van der Waals surface area contributed by atoms with Crippen LogP contribution in [0.2, 0.25) is 5.02 Å². The van der Waals surface area contributed by atoms with Crippen LogP contribution in [0.4, 0.5) is 0 Å². The molecular weight excluding hydrogens is 248 g/mol. The minimum Gasteiger partial charge on any atom is -0.496 e. The van der Waals surface area contributed by atoms with Crippen LogP contribution in [0.5, 0.6) is 5.75 Å². The van der Waals surface area contributed by atoms with Gasteiger partial charge in [0.05, 0.1) is 7.11 Å². The van der Waals surface area contributed by atoms with Crippen molar-refractivity contribution in [1.82, 2.24) is 4.90 Å². The number of nitrogens with two attached hydrogens (primary N) is 1. The fraction of sp³-hybridized carbons (Fsp3) is 0.571. The normalized spacial score (nSPS) is 14.6. The Bertz CT molecular complexity index is 391. The van der Waals surface area contributed by atoms with Crippen molar-refractivity contribution in [2.45, 2.75) is 32.4 Å². The van der Waals surface area contributed by atoms with E-state index in [-0.39, 0.29) is 5.54 Å². The molecule has 0 aliphatic rings. The van der Waals surface area contributed by atoms with Crippen molar-refractivity contribution < 1.29 is 4.74 Å². The van der Waals surface area contributed by atoms with Crippen LogP contribution in [0.1, 0.15) is 25.8 Å². The summed E-state index contributed by atoms with van der Waals surface area (Å²) in [4.78, 5) is 2.25. The number of benzene rings is 1. The number of likely N-dealkylation sites (N-methyl/N-ethyl adjacent to an activating group) is 1. The van der Waals surface area contributed by atoms with E-state index in [4.69, 9.17) is 22.1 Å². The van der Waals surface area contributed by atoms with Gasteiger partial charge in [0.25, 0.3) is 0 Å². The average molecular weight is 271 g/mol. The summed E-state index contributed by atoms with van der Waals surface area (Å²) in [6.07, 6.45) is 1.00. The molecule has 0 bridgehead atoms. The highest BCUT2D eigenvalue weighted by Crippen LogP contribution is 2.26. The Hall–Kier alpha value is -0.770. The van der Waals surface area contributed by atoms with Crippen LogP contribution >= 0.6 is 11.6 Å². The first-order chi connectivity index (χ1) is 8.46. The molecule has 0 heterocycles. The topological polar surface area (TPSA) is 38.5 Å². The fourth-order valence-corrected chi connectivity index (χ4v) is 2.08.